The lowest BCUT2D eigenvalue weighted by Gasteiger charge is -2.39. The van der Waals surface area contributed by atoms with Gasteiger partial charge in [-0.25, -0.2) is 0 Å². The summed E-state index contributed by atoms with van der Waals surface area (Å²) >= 11 is 0. The van der Waals surface area contributed by atoms with Crippen molar-refractivity contribution in [3.8, 4) is 11.5 Å². The summed E-state index contributed by atoms with van der Waals surface area (Å²) in [6.45, 7) is 5.85. The van der Waals surface area contributed by atoms with Crippen LogP contribution >= 0.6 is 0 Å². The second-order valence-electron chi connectivity index (χ2n) is 4.68. The van der Waals surface area contributed by atoms with Gasteiger partial charge in [0.2, 0.25) is 0 Å². The van der Waals surface area contributed by atoms with Gasteiger partial charge in [0.1, 0.15) is 6.61 Å². The topological polar surface area (TPSA) is 33.7 Å². The summed E-state index contributed by atoms with van der Waals surface area (Å²) in [4.78, 5) is 2.34. The first-order valence-electron chi connectivity index (χ1n) is 6.19. The first kappa shape index (κ1) is 10.9. The standard InChI is InChI=1S/C13H18N2O2/c1-10-8-15(7-6-14-10)13-9-16-11-4-2-3-5-12(11)17-13/h2-5,10,13-14H,6-9H2,1H3. The van der Waals surface area contributed by atoms with Gasteiger partial charge >= 0.3 is 0 Å². The quantitative estimate of drug-likeness (QED) is 0.788. The summed E-state index contributed by atoms with van der Waals surface area (Å²) in [5.74, 6) is 1.71. The number of nitrogens with one attached hydrogen (secondary N) is 1. The number of nitrogens with zero attached hydrogens (tertiary/aromatic N) is 1. The fourth-order valence-electron chi connectivity index (χ4n) is 2.41. The maximum Gasteiger partial charge on any atom is 0.187 e. The minimum atomic E-state index is 0.0504. The normalized spacial score (nSPS) is 29.0. The van der Waals surface area contributed by atoms with E-state index in [0.29, 0.717) is 12.6 Å². The zero-order chi connectivity index (χ0) is 11.7. The first-order valence-corrected chi connectivity index (χ1v) is 6.19. The summed E-state index contributed by atoms with van der Waals surface area (Å²) in [5.41, 5.74) is 0. The van der Waals surface area contributed by atoms with Crippen LogP contribution in [0.1, 0.15) is 6.92 Å². The SMILES string of the molecule is CC1CN(C2COc3ccccc3O2)CCN1. The molecule has 0 bridgehead atoms. The molecule has 0 radical (unpaired) electrons. The van der Waals surface area contributed by atoms with Crippen molar-refractivity contribution in [2.24, 2.45) is 0 Å². The Morgan fingerprint density at radius 1 is 1.29 bits per heavy atom. The maximum atomic E-state index is 5.99. The van der Waals surface area contributed by atoms with E-state index < -0.39 is 0 Å². The molecular formula is C13H18N2O2. The molecule has 2 aliphatic rings. The fraction of sp³-hybridized carbons (Fsp3) is 0.538. The third-order valence-corrected chi connectivity index (χ3v) is 3.30. The number of rotatable bonds is 1. The highest BCUT2D eigenvalue weighted by Crippen LogP contribution is 2.31. The van der Waals surface area contributed by atoms with Crippen LogP contribution in [0.15, 0.2) is 24.3 Å². The minimum absolute atomic E-state index is 0.0504. The highest BCUT2D eigenvalue weighted by molar-refractivity contribution is 5.40. The molecule has 4 nitrogen and oxygen atoms in total. The molecule has 2 heterocycles. The van der Waals surface area contributed by atoms with Crippen molar-refractivity contribution in [2.45, 2.75) is 19.2 Å². The van der Waals surface area contributed by atoms with Crippen molar-refractivity contribution < 1.29 is 9.47 Å². The van der Waals surface area contributed by atoms with E-state index in [-0.39, 0.29) is 6.23 Å². The van der Waals surface area contributed by atoms with Crippen LogP contribution in [-0.2, 0) is 0 Å². The highest BCUT2D eigenvalue weighted by Gasteiger charge is 2.29. The predicted molar refractivity (Wildman–Crippen MR) is 65.4 cm³/mol. The Morgan fingerprint density at radius 2 is 2.12 bits per heavy atom. The van der Waals surface area contributed by atoms with Crippen molar-refractivity contribution in [1.29, 1.82) is 0 Å². The molecular weight excluding hydrogens is 216 g/mol. The van der Waals surface area contributed by atoms with Crippen LogP contribution in [0.5, 0.6) is 11.5 Å². The smallest absolute Gasteiger partial charge is 0.187 e. The summed E-state index contributed by atoms with van der Waals surface area (Å²) in [6, 6.07) is 8.38. The zero-order valence-corrected chi connectivity index (χ0v) is 10.1. The van der Waals surface area contributed by atoms with Gasteiger partial charge in [-0.05, 0) is 19.1 Å². The number of fused-ring (bicyclic) bond motifs is 1. The zero-order valence-electron chi connectivity index (χ0n) is 10.1. The van der Waals surface area contributed by atoms with E-state index in [4.69, 9.17) is 9.47 Å². The predicted octanol–water partition coefficient (Wildman–Crippen LogP) is 1.08. The Kier molecular flexibility index (Phi) is 2.91. The molecule has 92 valence electrons. The molecule has 17 heavy (non-hydrogen) atoms. The average molecular weight is 234 g/mol. The van der Waals surface area contributed by atoms with E-state index in [1.807, 2.05) is 24.3 Å². The Balaban J connectivity index is 1.71. The highest BCUT2D eigenvalue weighted by atomic mass is 16.6. The van der Waals surface area contributed by atoms with E-state index in [1.165, 1.54) is 0 Å². The third-order valence-electron chi connectivity index (χ3n) is 3.30. The molecule has 0 aliphatic carbocycles. The van der Waals surface area contributed by atoms with E-state index >= 15 is 0 Å². The fourth-order valence-corrected chi connectivity index (χ4v) is 2.41. The minimum Gasteiger partial charge on any atom is -0.484 e. The second kappa shape index (κ2) is 4.55. The monoisotopic (exact) mass is 234 g/mol. The van der Waals surface area contributed by atoms with Gasteiger partial charge in [-0.15, -0.1) is 0 Å². The molecule has 1 N–H and O–H groups in total. The molecule has 1 fully saturated rings. The van der Waals surface area contributed by atoms with Crippen molar-refractivity contribution in [1.82, 2.24) is 10.2 Å². The number of hydrogen-bond donors (Lipinski definition) is 1. The van der Waals surface area contributed by atoms with Crippen LogP contribution < -0.4 is 14.8 Å². The van der Waals surface area contributed by atoms with Crippen molar-refractivity contribution >= 4 is 0 Å². The second-order valence-corrected chi connectivity index (χ2v) is 4.68. The summed E-state index contributed by atoms with van der Waals surface area (Å²) < 4.78 is 11.7. The van der Waals surface area contributed by atoms with E-state index in [1.54, 1.807) is 0 Å². The number of para-hydroxylation sites is 2. The van der Waals surface area contributed by atoms with Crippen LogP contribution in [0, 0.1) is 0 Å². The van der Waals surface area contributed by atoms with Gasteiger partial charge in [0, 0.05) is 25.7 Å². The van der Waals surface area contributed by atoms with Crippen LogP contribution in [0.3, 0.4) is 0 Å². The van der Waals surface area contributed by atoms with Gasteiger partial charge in [-0.3, -0.25) is 4.90 Å². The van der Waals surface area contributed by atoms with Crippen LogP contribution in [0.25, 0.3) is 0 Å². The number of piperazine rings is 1. The molecule has 3 rings (SSSR count). The summed E-state index contributed by atoms with van der Waals surface area (Å²) in [6.07, 6.45) is 0.0504. The molecule has 0 amide bonds. The number of benzene rings is 1. The molecule has 0 saturated carbocycles. The molecule has 2 atom stereocenters. The molecule has 0 aromatic heterocycles. The van der Waals surface area contributed by atoms with E-state index in [0.717, 1.165) is 31.1 Å². The Bertz CT molecular complexity index is 397. The molecule has 1 aromatic rings. The molecule has 1 saturated heterocycles. The lowest BCUT2D eigenvalue weighted by atomic mass is 10.2. The van der Waals surface area contributed by atoms with Crippen LogP contribution in [0.4, 0.5) is 0 Å². The molecule has 0 spiro atoms. The molecule has 4 heteroatoms. The van der Waals surface area contributed by atoms with E-state index in [9.17, 15) is 0 Å². The maximum absolute atomic E-state index is 5.99. The molecule has 2 unspecified atom stereocenters. The molecule has 2 aliphatic heterocycles. The van der Waals surface area contributed by atoms with Gasteiger partial charge < -0.3 is 14.8 Å². The van der Waals surface area contributed by atoms with Gasteiger partial charge in [-0.1, -0.05) is 12.1 Å². The van der Waals surface area contributed by atoms with Crippen molar-refractivity contribution in [3.05, 3.63) is 24.3 Å². The van der Waals surface area contributed by atoms with Gasteiger partial charge in [-0.2, -0.15) is 0 Å². The van der Waals surface area contributed by atoms with E-state index in [2.05, 4.69) is 17.1 Å². The van der Waals surface area contributed by atoms with Gasteiger partial charge in [0.25, 0.3) is 0 Å². The average Bonchev–Trinajstić information content (AvgIpc) is 2.38. The Morgan fingerprint density at radius 3 is 2.94 bits per heavy atom. The third kappa shape index (κ3) is 2.23. The largest absolute Gasteiger partial charge is 0.484 e. The number of hydrogen-bond acceptors (Lipinski definition) is 4. The molecule has 1 aromatic carbocycles. The Hall–Kier alpha value is -1.26. The Labute approximate surface area is 102 Å². The van der Waals surface area contributed by atoms with Crippen molar-refractivity contribution in [3.63, 3.8) is 0 Å². The first-order chi connectivity index (χ1) is 8.33. The summed E-state index contributed by atoms with van der Waals surface area (Å²) in [5, 5.41) is 3.43. The number of ether oxygens (including phenoxy) is 2. The lowest BCUT2D eigenvalue weighted by Crippen LogP contribution is -2.56. The summed E-state index contributed by atoms with van der Waals surface area (Å²) in [7, 11) is 0. The van der Waals surface area contributed by atoms with Gasteiger partial charge in [0.05, 0.1) is 0 Å². The van der Waals surface area contributed by atoms with Crippen molar-refractivity contribution in [2.75, 3.05) is 26.2 Å². The van der Waals surface area contributed by atoms with Gasteiger partial charge in [0.15, 0.2) is 17.7 Å². The lowest BCUT2D eigenvalue weighted by molar-refractivity contribution is -0.0400. The van der Waals surface area contributed by atoms with Crippen LogP contribution in [-0.4, -0.2) is 43.4 Å². The van der Waals surface area contributed by atoms with Crippen LogP contribution in [0.2, 0.25) is 0 Å².